The summed E-state index contributed by atoms with van der Waals surface area (Å²) >= 11 is 5.89. The summed E-state index contributed by atoms with van der Waals surface area (Å²) in [4.78, 5) is 10.5. The van der Waals surface area contributed by atoms with Crippen LogP contribution in [0.15, 0.2) is 47.6 Å². The van der Waals surface area contributed by atoms with Gasteiger partial charge in [0, 0.05) is 45.5 Å². The Labute approximate surface area is 165 Å². The number of aliphatic imine (C=N–C) groups is 1. The number of aromatic nitrogens is 1. The second-order valence-electron chi connectivity index (χ2n) is 5.32. The van der Waals surface area contributed by atoms with Crippen LogP contribution in [-0.2, 0) is 13.1 Å². The number of rotatable bonds is 5. The maximum absolute atomic E-state index is 5.89. The van der Waals surface area contributed by atoms with E-state index in [0.29, 0.717) is 13.1 Å². The fraction of sp³-hybridized carbons (Fsp3) is 0.294. The van der Waals surface area contributed by atoms with E-state index < -0.39 is 0 Å². The number of benzene rings is 1. The van der Waals surface area contributed by atoms with E-state index in [1.807, 2.05) is 55.5 Å². The normalized spacial score (nSPS) is 10.8. The minimum absolute atomic E-state index is 0. The molecule has 0 atom stereocenters. The smallest absolute Gasteiger partial charge is 0.191 e. The number of pyridine rings is 1. The van der Waals surface area contributed by atoms with Crippen molar-refractivity contribution >= 4 is 47.4 Å². The van der Waals surface area contributed by atoms with E-state index >= 15 is 0 Å². The van der Waals surface area contributed by atoms with Crippen molar-refractivity contribution in [1.29, 1.82) is 0 Å². The fourth-order valence-electron chi connectivity index (χ4n) is 2.01. The molecule has 7 heteroatoms. The summed E-state index contributed by atoms with van der Waals surface area (Å²) in [7, 11) is 5.72. The average Bonchev–Trinajstić information content (AvgIpc) is 2.57. The molecule has 0 radical (unpaired) electrons. The lowest BCUT2D eigenvalue weighted by Gasteiger charge is -2.14. The van der Waals surface area contributed by atoms with E-state index in [-0.39, 0.29) is 24.0 Å². The van der Waals surface area contributed by atoms with Gasteiger partial charge in [-0.25, -0.2) is 4.98 Å². The minimum Gasteiger partial charge on any atom is -0.363 e. The molecule has 0 aliphatic rings. The predicted molar refractivity (Wildman–Crippen MR) is 112 cm³/mol. The Kier molecular flexibility index (Phi) is 8.84. The van der Waals surface area contributed by atoms with E-state index in [1.165, 1.54) is 0 Å². The number of hydrogen-bond donors (Lipinski definition) is 2. The van der Waals surface area contributed by atoms with Crippen LogP contribution in [0.1, 0.15) is 11.1 Å². The predicted octanol–water partition coefficient (Wildman–Crippen LogP) is 3.28. The second-order valence-corrected chi connectivity index (χ2v) is 5.76. The zero-order valence-electron chi connectivity index (χ0n) is 14.1. The highest BCUT2D eigenvalue weighted by Gasteiger charge is 2.02. The molecule has 0 spiro atoms. The van der Waals surface area contributed by atoms with Crippen LogP contribution in [0, 0.1) is 0 Å². The molecule has 130 valence electrons. The Morgan fingerprint density at radius 1 is 1.08 bits per heavy atom. The molecule has 0 aliphatic heterocycles. The van der Waals surface area contributed by atoms with E-state index in [2.05, 4.69) is 26.7 Å². The van der Waals surface area contributed by atoms with Crippen LogP contribution < -0.4 is 15.5 Å². The summed E-state index contributed by atoms with van der Waals surface area (Å²) in [6, 6.07) is 11.8. The third-order valence-corrected chi connectivity index (χ3v) is 3.58. The Morgan fingerprint density at radius 3 is 2.29 bits per heavy atom. The SMILES string of the molecule is CN=C(NCc1ccc(Cl)cc1)NCc1ccnc(N(C)C)c1.I. The fourth-order valence-corrected chi connectivity index (χ4v) is 2.14. The topological polar surface area (TPSA) is 52.6 Å². The van der Waals surface area contributed by atoms with Crippen LogP contribution in [0.25, 0.3) is 0 Å². The molecule has 0 bridgehead atoms. The zero-order chi connectivity index (χ0) is 16.7. The summed E-state index contributed by atoms with van der Waals surface area (Å²) in [5.41, 5.74) is 2.30. The van der Waals surface area contributed by atoms with Crippen molar-refractivity contribution in [2.24, 2.45) is 4.99 Å². The molecule has 2 rings (SSSR count). The van der Waals surface area contributed by atoms with Crippen LogP contribution >= 0.6 is 35.6 Å². The molecule has 1 heterocycles. The molecule has 0 unspecified atom stereocenters. The molecule has 5 nitrogen and oxygen atoms in total. The molecule has 0 saturated carbocycles. The van der Waals surface area contributed by atoms with Gasteiger partial charge in [0.15, 0.2) is 5.96 Å². The maximum Gasteiger partial charge on any atom is 0.191 e. The largest absolute Gasteiger partial charge is 0.363 e. The van der Waals surface area contributed by atoms with E-state index in [0.717, 1.165) is 27.9 Å². The Morgan fingerprint density at radius 2 is 1.71 bits per heavy atom. The van der Waals surface area contributed by atoms with Crippen LogP contribution in [-0.4, -0.2) is 32.1 Å². The van der Waals surface area contributed by atoms with Crippen LogP contribution in [0.4, 0.5) is 5.82 Å². The van der Waals surface area contributed by atoms with Gasteiger partial charge in [-0.1, -0.05) is 23.7 Å². The van der Waals surface area contributed by atoms with Gasteiger partial charge in [-0.05, 0) is 35.4 Å². The van der Waals surface area contributed by atoms with Gasteiger partial charge in [-0.2, -0.15) is 0 Å². The summed E-state index contributed by atoms with van der Waals surface area (Å²) in [6.07, 6.45) is 1.82. The number of nitrogens with zero attached hydrogens (tertiary/aromatic N) is 3. The molecule has 2 aromatic rings. The van der Waals surface area contributed by atoms with Gasteiger partial charge in [0.2, 0.25) is 0 Å². The summed E-state index contributed by atoms with van der Waals surface area (Å²) < 4.78 is 0. The monoisotopic (exact) mass is 459 g/mol. The first-order valence-corrected chi connectivity index (χ1v) is 7.77. The van der Waals surface area contributed by atoms with Crippen molar-refractivity contribution in [3.05, 3.63) is 58.7 Å². The summed E-state index contributed by atoms with van der Waals surface area (Å²) in [6.45, 7) is 1.37. The second kappa shape index (κ2) is 10.4. The lowest BCUT2D eigenvalue weighted by Crippen LogP contribution is -2.36. The Bertz CT molecular complexity index is 658. The highest BCUT2D eigenvalue weighted by Crippen LogP contribution is 2.10. The lowest BCUT2D eigenvalue weighted by molar-refractivity contribution is 0.807. The summed E-state index contributed by atoms with van der Waals surface area (Å²) in [5.74, 6) is 1.69. The molecule has 0 aliphatic carbocycles. The molecule has 0 amide bonds. The number of halogens is 2. The van der Waals surface area contributed by atoms with Gasteiger partial charge in [0.1, 0.15) is 5.82 Å². The number of guanidine groups is 1. The van der Waals surface area contributed by atoms with Crippen LogP contribution in [0.3, 0.4) is 0 Å². The van der Waals surface area contributed by atoms with Crippen molar-refractivity contribution in [3.63, 3.8) is 0 Å². The van der Waals surface area contributed by atoms with Gasteiger partial charge >= 0.3 is 0 Å². The third kappa shape index (κ3) is 6.52. The average molecular weight is 460 g/mol. The van der Waals surface area contributed by atoms with Gasteiger partial charge in [0.05, 0.1) is 0 Å². The van der Waals surface area contributed by atoms with Crippen molar-refractivity contribution < 1.29 is 0 Å². The molecule has 0 saturated heterocycles. The highest BCUT2D eigenvalue weighted by atomic mass is 127. The van der Waals surface area contributed by atoms with Gasteiger partial charge in [-0.15, -0.1) is 24.0 Å². The zero-order valence-corrected chi connectivity index (χ0v) is 17.2. The first-order valence-electron chi connectivity index (χ1n) is 7.39. The minimum atomic E-state index is 0. The highest BCUT2D eigenvalue weighted by molar-refractivity contribution is 14.0. The first kappa shape index (κ1) is 20.5. The molecular weight excluding hydrogens is 437 g/mol. The maximum atomic E-state index is 5.89. The van der Waals surface area contributed by atoms with E-state index in [4.69, 9.17) is 11.6 Å². The van der Waals surface area contributed by atoms with Gasteiger partial charge in [-0.3, -0.25) is 4.99 Å². The van der Waals surface area contributed by atoms with Crippen molar-refractivity contribution in [3.8, 4) is 0 Å². The van der Waals surface area contributed by atoms with Crippen LogP contribution in [0.2, 0.25) is 5.02 Å². The number of anilines is 1. The molecule has 1 aromatic heterocycles. The van der Waals surface area contributed by atoms with Crippen molar-refractivity contribution in [2.75, 3.05) is 26.0 Å². The quantitative estimate of drug-likeness (QED) is 0.409. The molecular formula is C17H23ClIN5. The Balaban J connectivity index is 0.00000288. The number of nitrogens with one attached hydrogen (secondary N) is 2. The lowest BCUT2D eigenvalue weighted by atomic mass is 10.2. The van der Waals surface area contributed by atoms with Crippen LogP contribution in [0.5, 0.6) is 0 Å². The number of hydrogen-bond acceptors (Lipinski definition) is 3. The molecule has 24 heavy (non-hydrogen) atoms. The first-order chi connectivity index (χ1) is 11.1. The van der Waals surface area contributed by atoms with Gasteiger partial charge in [0.25, 0.3) is 0 Å². The van der Waals surface area contributed by atoms with E-state index in [9.17, 15) is 0 Å². The molecule has 0 fully saturated rings. The van der Waals surface area contributed by atoms with Crippen molar-refractivity contribution in [1.82, 2.24) is 15.6 Å². The Hall–Kier alpha value is -1.54. The van der Waals surface area contributed by atoms with E-state index in [1.54, 1.807) is 7.05 Å². The third-order valence-electron chi connectivity index (χ3n) is 3.32. The standard InChI is InChI=1S/C17H22ClN5.HI/c1-19-17(21-11-13-4-6-15(18)7-5-13)22-12-14-8-9-20-16(10-14)23(2)3;/h4-10H,11-12H2,1-3H3,(H2,19,21,22);1H. The molecule has 2 N–H and O–H groups in total. The molecule has 1 aromatic carbocycles. The van der Waals surface area contributed by atoms with Gasteiger partial charge < -0.3 is 15.5 Å². The van der Waals surface area contributed by atoms with Crippen molar-refractivity contribution in [2.45, 2.75) is 13.1 Å². The summed E-state index contributed by atoms with van der Waals surface area (Å²) in [5, 5.41) is 7.32.